The summed E-state index contributed by atoms with van der Waals surface area (Å²) in [5.74, 6) is -0.259. The number of halogens is 3. The van der Waals surface area contributed by atoms with Crippen LogP contribution in [0.4, 0.5) is 5.69 Å². The Morgan fingerprint density at radius 3 is 2.44 bits per heavy atom. The van der Waals surface area contributed by atoms with E-state index >= 15 is 0 Å². The molecule has 32 heavy (non-hydrogen) atoms. The number of nitrogens with zero attached hydrogens (tertiary/aromatic N) is 1. The highest BCUT2D eigenvalue weighted by atomic mass is 79.9. The monoisotopic (exact) mass is 577 g/mol. The minimum absolute atomic E-state index is 0.223. The van der Waals surface area contributed by atoms with Crippen molar-refractivity contribution in [2.24, 2.45) is 5.10 Å². The molecular weight excluding hydrogens is 562 g/mol. The smallest absolute Gasteiger partial charge is 0.271 e. The third-order valence-corrected chi connectivity index (χ3v) is 5.50. The summed E-state index contributed by atoms with van der Waals surface area (Å²) in [4.78, 5) is 24.5. The van der Waals surface area contributed by atoms with E-state index < -0.39 is 0 Å². The quantitative estimate of drug-likeness (QED) is 0.268. The van der Waals surface area contributed by atoms with Gasteiger partial charge in [0.05, 0.1) is 10.7 Å². The van der Waals surface area contributed by atoms with Crippen molar-refractivity contribution in [1.29, 1.82) is 0 Å². The van der Waals surface area contributed by atoms with E-state index in [-0.39, 0.29) is 18.4 Å². The van der Waals surface area contributed by atoms with E-state index in [1.807, 2.05) is 19.1 Å². The zero-order valence-electron chi connectivity index (χ0n) is 16.9. The van der Waals surface area contributed by atoms with Gasteiger partial charge >= 0.3 is 0 Å². The molecule has 164 valence electrons. The summed E-state index contributed by atoms with van der Waals surface area (Å²) in [7, 11) is 0. The third kappa shape index (κ3) is 6.91. The van der Waals surface area contributed by atoms with E-state index in [9.17, 15) is 9.59 Å². The van der Waals surface area contributed by atoms with Gasteiger partial charge in [-0.25, -0.2) is 5.43 Å². The minimum Gasteiger partial charge on any atom is -0.482 e. The number of aryl methyl sites for hydroxylation is 1. The van der Waals surface area contributed by atoms with Crippen LogP contribution in [-0.2, 0) is 4.79 Å². The highest BCUT2D eigenvalue weighted by Gasteiger charge is 2.12. The zero-order valence-corrected chi connectivity index (χ0v) is 20.8. The van der Waals surface area contributed by atoms with E-state index in [0.717, 1.165) is 10.0 Å². The van der Waals surface area contributed by atoms with Crippen LogP contribution < -0.4 is 15.5 Å². The Balaban J connectivity index is 1.66. The molecule has 0 unspecified atom stereocenters. The summed E-state index contributed by atoms with van der Waals surface area (Å²) in [5.41, 5.74) is 5.22. The van der Waals surface area contributed by atoms with Gasteiger partial charge in [-0.2, -0.15) is 5.10 Å². The highest BCUT2D eigenvalue weighted by molar-refractivity contribution is 9.11. The lowest BCUT2D eigenvalue weighted by atomic mass is 10.1. The standard InChI is InChI=1S/C23H18Br2ClN3O3/c1-14-2-4-15(5-3-14)23(31)29-27-12-16-10-17(24)11-20(25)22(16)32-13-21(30)28-19-8-6-18(26)7-9-19/h2-12H,13H2,1H3,(H,28,30)(H,29,31)/b27-12+. The number of carbonyl (C=O) groups excluding carboxylic acids is 2. The zero-order chi connectivity index (χ0) is 23.1. The molecule has 0 atom stereocenters. The molecule has 2 amide bonds. The fourth-order valence-corrected chi connectivity index (χ4v) is 4.13. The van der Waals surface area contributed by atoms with Gasteiger partial charge in [0, 0.05) is 26.3 Å². The van der Waals surface area contributed by atoms with E-state index in [1.165, 1.54) is 6.21 Å². The van der Waals surface area contributed by atoms with Crippen molar-refractivity contribution in [3.05, 3.63) is 91.3 Å². The van der Waals surface area contributed by atoms with Gasteiger partial charge in [0.1, 0.15) is 5.75 Å². The first kappa shape index (κ1) is 24.0. The maximum Gasteiger partial charge on any atom is 0.271 e. The van der Waals surface area contributed by atoms with Crippen molar-refractivity contribution in [2.75, 3.05) is 11.9 Å². The van der Waals surface area contributed by atoms with Gasteiger partial charge in [-0.05, 0) is 71.4 Å². The Labute approximate surface area is 207 Å². The van der Waals surface area contributed by atoms with Crippen LogP contribution in [0, 0.1) is 6.92 Å². The molecule has 0 heterocycles. The summed E-state index contributed by atoms with van der Waals surface area (Å²) in [6, 6.07) is 17.5. The summed E-state index contributed by atoms with van der Waals surface area (Å²) < 4.78 is 7.12. The van der Waals surface area contributed by atoms with Crippen molar-refractivity contribution in [2.45, 2.75) is 6.92 Å². The Kier molecular flexibility index (Phi) is 8.44. The maximum atomic E-state index is 12.3. The van der Waals surface area contributed by atoms with Crippen LogP contribution in [0.3, 0.4) is 0 Å². The summed E-state index contributed by atoms with van der Waals surface area (Å²) in [6.45, 7) is 1.72. The predicted molar refractivity (Wildman–Crippen MR) is 134 cm³/mol. The molecule has 0 aliphatic carbocycles. The molecule has 0 aromatic heterocycles. The first-order chi connectivity index (χ1) is 15.3. The Hall–Kier alpha value is -2.68. The SMILES string of the molecule is Cc1ccc(C(=O)N/N=C/c2cc(Br)cc(Br)c2OCC(=O)Nc2ccc(Cl)cc2)cc1. The second-order valence-corrected chi connectivity index (χ2v) is 8.92. The van der Waals surface area contributed by atoms with Gasteiger partial charge in [0.15, 0.2) is 6.61 Å². The van der Waals surface area contributed by atoms with Crippen molar-refractivity contribution in [1.82, 2.24) is 5.43 Å². The van der Waals surface area contributed by atoms with E-state index in [1.54, 1.807) is 48.5 Å². The maximum absolute atomic E-state index is 12.3. The fourth-order valence-electron chi connectivity index (χ4n) is 2.63. The van der Waals surface area contributed by atoms with Crippen LogP contribution in [0.2, 0.25) is 5.02 Å². The van der Waals surface area contributed by atoms with Gasteiger partial charge in [-0.15, -0.1) is 0 Å². The lowest BCUT2D eigenvalue weighted by Crippen LogP contribution is -2.21. The second kappa shape index (κ2) is 11.3. The summed E-state index contributed by atoms with van der Waals surface area (Å²) in [6.07, 6.45) is 1.45. The number of hydrazone groups is 1. The topological polar surface area (TPSA) is 79.8 Å². The molecule has 0 fully saturated rings. The minimum atomic E-state index is -0.335. The second-order valence-electron chi connectivity index (χ2n) is 6.71. The molecule has 3 rings (SSSR count). The number of hydrogen-bond acceptors (Lipinski definition) is 4. The molecule has 0 aliphatic heterocycles. The number of amides is 2. The molecule has 6 nitrogen and oxygen atoms in total. The number of anilines is 1. The Morgan fingerprint density at radius 1 is 1.06 bits per heavy atom. The first-order valence-electron chi connectivity index (χ1n) is 9.39. The van der Waals surface area contributed by atoms with Crippen LogP contribution >= 0.6 is 43.5 Å². The normalized spacial score (nSPS) is 10.8. The van der Waals surface area contributed by atoms with Gasteiger partial charge in [0.2, 0.25) is 0 Å². The third-order valence-electron chi connectivity index (χ3n) is 4.20. The Morgan fingerprint density at radius 2 is 1.75 bits per heavy atom. The van der Waals surface area contributed by atoms with Crippen LogP contribution in [0.25, 0.3) is 0 Å². The molecule has 0 spiro atoms. The number of rotatable bonds is 7. The molecule has 3 aromatic rings. The molecule has 0 bridgehead atoms. The van der Waals surface area contributed by atoms with Crippen LogP contribution in [0.15, 0.2) is 74.7 Å². The largest absolute Gasteiger partial charge is 0.482 e. The van der Waals surface area contributed by atoms with Crippen molar-refractivity contribution in [3.63, 3.8) is 0 Å². The average molecular weight is 580 g/mol. The lowest BCUT2D eigenvalue weighted by molar-refractivity contribution is -0.118. The molecule has 2 N–H and O–H groups in total. The van der Waals surface area contributed by atoms with Crippen molar-refractivity contribution in [3.8, 4) is 5.75 Å². The number of ether oxygens (including phenoxy) is 1. The number of hydrogen-bond donors (Lipinski definition) is 2. The van der Waals surface area contributed by atoms with E-state index in [4.69, 9.17) is 16.3 Å². The molecule has 0 aliphatic rings. The Bertz CT molecular complexity index is 1150. The fraction of sp³-hybridized carbons (Fsp3) is 0.0870. The van der Waals surface area contributed by atoms with Crippen molar-refractivity contribution < 1.29 is 14.3 Å². The predicted octanol–water partition coefficient (Wildman–Crippen LogP) is 5.95. The highest BCUT2D eigenvalue weighted by Crippen LogP contribution is 2.32. The molecule has 0 radical (unpaired) electrons. The molecule has 0 saturated carbocycles. The van der Waals surface area contributed by atoms with E-state index in [2.05, 4.69) is 47.7 Å². The lowest BCUT2D eigenvalue weighted by Gasteiger charge is -2.12. The summed E-state index contributed by atoms with van der Waals surface area (Å²) >= 11 is 12.7. The average Bonchev–Trinajstić information content (AvgIpc) is 2.75. The number of nitrogens with one attached hydrogen (secondary N) is 2. The first-order valence-corrected chi connectivity index (χ1v) is 11.4. The number of carbonyl (C=O) groups is 2. The molecule has 9 heteroatoms. The van der Waals surface area contributed by atoms with Gasteiger partial charge < -0.3 is 10.1 Å². The van der Waals surface area contributed by atoms with Crippen LogP contribution in [0.1, 0.15) is 21.5 Å². The van der Waals surface area contributed by atoms with Gasteiger partial charge in [-0.1, -0.05) is 45.2 Å². The van der Waals surface area contributed by atoms with E-state index in [0.29, 0.717) is 32.1 Å². The van der Waals surface area contributed by atoms with Crippen LogP contribution in [0.5, 0.6) is 5.75 Å². The molecular formula is C23H18Br2ClN3O3. The van der Waals surface area contributed by atoms with Gasteiger partial charge in [-0.3, -0.25) is 9.59 Å². The van der Waals surface area contributed by atoms with Gasteiger partial charge in [0.25, 0.3) is 11.8 Å². The summed E-state index contributed by atoms with van der Waals surface area (Å²) in [5, 5.41) is 7.34. The number of benzene rings is 3. The van der Waals surface area contributed by atoms with Crippen LogP contribution in [-0.4, -0.2) is 24.6 Å². The molecule has 3 aromatic carbocycles. The van der Waals surface area contributed by atoms with Crippen molar-refractivity contribution >= 4 is 67.2 Å². The molecule has 0 saturated heterocycles.